The van der Waals surface area contributed by atoms with Crippen molar-refractivity contribution in [2.75, 3.05) is 26.0 Å². The molecule has 0 saturated heterocycles. The molecule has 1 aliphatic rings. The Bertz CT molecular complexity index is 1200. The number of hydrogen-bond acceptors (Lipinski definition) is 6. The number of aryl methyl sites for hydroxylation is 4. The third-order valence-electron chi connectivity index (χ3n) is 5.89. The van der Waals surface area contributed by atoms with Crippen LogP contribution < -0.4 is 10.9 Å². The van der Waals surface area contributed by atoms with Crippen molar-refractivity contribution in [2.45, 2.75) is 51.1 Å². The lowest BCUT2D eigenvalue weighted by molar-refractivity contribution is -0.118. The number of ether oxygens (including phenoxy) is 1. The number of rotatable bonds is 8. The van der Waals surface area contributed by atoms with Crippen molar-refractivity contribution in [3.05, 3.63) is 50.1 Å². The Labute approximate surface area is 196 Å². The summed E-state index contributed by atoms with van der Waals surface area (Å²) in [5.41, 5.74) is 4.24. The standard InChI is InChI=1S/C24H29N3O3S2/c1-15-9-10-17(13-16(15)2)27-23(29)21-18-7-4-5-8-19(18)32-22(21)26-24(27)31-14-20(28)25-11-6-12-30-3/h9-10,13H,4-8,11-12,14H2,1-3H3,(H,25,28). The average Bonchev–Trinajstić information content (AvgIpc) is 3.16. The van der Waals surface area contributed by atoms with Gasteiger partial charge in [-0.1, -0.05) is 17.8 Å². The van der Waals surface area contributed by atoms with Gasteiger partial charge in [-0.05, 0) is 74.8 Å². The van der Waals surface area contributed by atoms with Gasteiger partial charge < -0.3 is 10.1 Å². The fourth-order valence-corrected chi connectivity index (χ4v) is 6.15. The molecule has 0 aliphatic heterocycles. The van der Waals surface area contributed by atoms with Crippen molar-refractivity contribution in [2.24, 2.45) is 0 Å². The fourth-order valence-electron chi connectivity index (χ4n) is 4.00. The zero-order chi connectivity index (χ0) is 22.7. The van der Waals surface area contributed by atoms with Crippen LogP contribution in [0.2, 0.25) is 0 Å². The quantitative estimate of drug-likeness (QED) is 0.303. The maximum atomic E-state index is 13.8. The van der Waals surface area contributed by atoms with Crippen LogP contribution in [0, 0.1) is 13.8 Å². The van der Waals surface area contributed by atoms with E-state index in [2.05, 4.69) is 12.2 Å². The van der Waals surface area contributed by atoms with Crippen LogP contribution in [-0.4, -0.2) is 41.5 Å². The third kappa shape index (κ3) is 4.77. The Kier molecular flexibility index (Phi) is 7.33. The Morgan fingerprint density at radius 1 is 1.25 bits per heavy atom. The van der Waals surface area contributed by atoms with E-state index in [0.29, 0.717) is 18.3 Å². The van der Waals surface area contributed by atoms with Crippen molar-refractivity contribution in [1.29, 1.82) is 0 Å². The Hall–Kier alpha value is -2.16. The molecule has 0 atom stereocenters. The Morgan fingerprint density at radius 2 is 2.06 bits per heavy atom. The number of thioether (sulfide) groups is 1. The molecule has 0 saturated carbocycles. The number of methoxy groups -OCH3 is 1. The van der Waals surface area contributed by atoms with Gasteiger partial charge in [-0.25, -0.2) is 4.98 Å². The molecular formula is C24H29N3O3S2. The van der Waals surface area contributed by atoms with Crippen molar-refractivity contribution < 1.29 is 9.53 Å². The first-order valence-electron chi connectivity index (χ1n) is 11.0. The smallest absolute Gasteiger partial charge is 0.267 e. The highest BCUT2D eigenvalue weighted by Gasteiger charge is 2.23. The summed E-state index contributed by atoms with van der Waals surface area (Å²) in [6, 6.07) is 6.02. The largest absolute Gasteiger partial charge is 0.385 e. The number of aromatic nitrogens is 2. The molecule has 8 heteroatoms. The summed E-state index contributed by atoms with van der Waals surface area (Å²) >= 11 is 2.95. The monoisotopic (exact) mass is 471 g/mol. The van der Waals surface area contributed by atoms with E-state index >= 15 is 0 Å². The van der Waals surface area contributed by atoms with Gasteiger partial charge in [0.15, 0.2) is 5.16 Å². The van der Waals surface area contributed by atoms with Crippen LogP contribution >= 0.6 is 23.1 Å². The predicted octanol–water partition coefficient (Wildman–Crippen LogP) is 4.19. The molecule has 0 bridgehead atoms. The van der Waals surface area contributed by atoms with Gasteiger partial charge in [-0.2, -0.15) is 0 Å². The van der Waals surface area contributed by atoms with Gasteiger partial charge in [0.2, 0.25) is 5.91 Å². The van der Waals surface area contributed by atoms with Gasteiger partial charge in [-0.15, -0.1) is 11.3 Å². The highest BCUT2D eigenvalue weighted by atomic mass is 32.2. The minimum absolute atomic E-state index is 0.0272. The van der Waals surface area contributed by atoms with E-state index < -0.39 is 0 Å². The average molecular weight is 472 g/mol. The van der Waals surface area contributed by atoms with Crippen LogP contribution in [-0.2, 0) is 22.4 Å². The molecule has 1 aromatic carbocycles. The molecule has 1 amide bonds. The van der Waals surface area contributed by atoms with Crippen molar-refractivity contribution in [1.82, 2.24) is 14.9 Å². The third-order valence-corrected chi connectivity index (χ3v) is 8.01. The normalized spacial score (nSPS) is 13.3. The highest BCUT2D eigenvalue weighted by molar-refractivity contribution is 7.99. The van der Waals surface area contributed by atoms with Gasteiger partial charge in [0.25, 0.3) is 5.56 Å². The topological polar surface area (TPSA) is 73.2 Å². The number of thiophene rings is 1. The SMILES string of the molecule is COCCCNC(=O)CSc1nc2sc3c(c2c(=O)n1-c1ccc(C)c(C)c1)CCCC3. The van der Waals surface area contributed by atoms with Crippen LogP contribution in [0.5, 0.6) is 0 Å². The molecule has 3 aromatic rings. The molecule has 170 valence electrons. The number of carbonyl (C=O) groups is 1. The van der Waals surface area contributed by atoms with Crippen molar-refractivity contribution in [3.63, 3.8) is 0 Å². The van der Waals surface area contributed by atoms with E-state index in [1.54, 1.807) is 23.0 Å². The summed E-state index contributed by atoms with van der Waals surface area (Å²) < 4.78 is 6.71. The number of benzene rings is 1. The van der Waals surface area contributed by atoms with E-state index in [4.69, 9.17) is 9.72 Å². The van der Waals surface area contributed by atoms with Crippen LogP contribution in [0.3, 0.4) is 0 Å². The lowest BCUT2D eigenvalue weighted by atomic mass is 9.97. The minimum atomic E-state index is -0.0717. The van der Waals surface area contributed by atoms with Gasteiger partial charge >= 0.3 is 0 Å². The predicted molar refractivity (Wildman–Crippen MR) is 132 cm³/mol. The lowest BCUT2D eigenvalue weighted by Gasteiger charge is -2.14. The summed E-state index contributed by atoms with van der Waals surface area (Å²) in [4.78, 5) is 33.1. The van der Waals surface area contributed by atoms with Crippen LogP contribution in [0.1, 0.15) is 40.8 Å². The summed E-state index contributed by atoms with van der Waals surface area (Å²) in [6.45, 7) is 5.28. The van der Waals surface area contributed by atoms with Gasteiger partial charge in [0.05, 0.1) is 16.8 Å². The molecule has 2 heterocycles. The second kappa shape index (κ2) is 10.2. The molecule has 1 aliphatic carbocycles. The summed E-state index contributed by atoms with van der Waals surface area (Å²) in [5, 5.41) is 4.23. The lowest BCUT2D eigenvalue weighted by Crippen LogP contribution is -2.28. The molecule has 0 fully saturated rings. The molecule has 0 radical (unpaired) electrons. The van der Waals surface area contributed by atoms with Crippen LogP contribution in [0.25, 0.3) is 15.9 Å². The molecule has 1 N–H and O–H groups in total. The van der Waals surface area contributed by atoms with Gasteiger partial charge in [-0.3, -0.25) is 14.2 Å². The molecule has 0 spiro atoms. The number of nitrogens with one attached hydrogen (secondary N) is 1. The summed E-state index contributed by atoms with van der Waals surface area (Å²) in [7, 11) is 1.65. The van der Waals surface area contributed by atoms with Crippen LogP contribution in [0.4, 0.5) is 0 Å². The molecular weight excluding hydrogens is 442 g/mol. The van der Waals surface area contributed by atoms with Gasteiger partial charge in [0.1, 0.15) is 4.83 Å². The van der Waals surface area contributed by atoms with Crippen LogP contribution in [0.15, 0.2) is 28.2 Å². The second-order valence-corrected chi connectivity index (χ2v) is 10.2. The maximum Gasteiger partial charge on any atom is 0.267 e. The van der Waals surface area contributed by atoms with Gasteiger partial charge in [0, 0.05) is 25.1 Å². The maximum absolute atomic E-state index is 13.8. The van der Waals surface area contributed by atoms with E-state index in [1.165, 1.54) is 27.8 Å². The fraction of sp³-hybridized carbons (Fsp3) is 0.458. The van der Waals surface area contributed by atoms with Crippen molar-refractivity contribution >= 4 is 39.2 Å². The summed E-state index contributed by atoms with van der Waals surface area (Å²) in [6.07, 6.45) is 5.00. The molecule has 2 aromatic heterocycles. The molecule has 6 nitrogen and oxygen atoms in total. The van der Waals surface area contributed by atoms with E-state index in [-0.39, 0.29) is 17.2 Å². The minimum Gasteiger partial charge on any atom is -0.385 e. The Balaban J connectivity index is 1.72. The first-order chi connectivity index (χ1) is 15.5. The summed E-state index contributed by atoms with van der Waals surface area (Å²) in [5.74, 6) is 0.137. The van der Waals surface area contributed by atoms with E-state index in [1.807, 2.05) is 25.1 Å². The highest BCUT2D eigenvalue weighted by Crippen LogP contribution is 2.35. The van der Waals surface area contributed by atoms with E-state index in [9.17, 15) is 9.59 Å². The molecule has 0 unspecified atom stereocenters. The zero-order valence-corrected chi connectivity index (χ0v) is 20.5. The number of hydrogen-bond donors (Lipinski definition) is 1. The number of nitrogens with zero attached hydrogens (tertiary/aromatic N) is 2. The molecule has 4 rings (SSSR count). The first-order valence-corrected chi connectivity index (χ1v) is 12.8. The first kappa shape index (κ1) is 23.0. The number of amides is 1. The molecule has 32 heavy (non-hydrogen) atoms. The number of fused-ring (bicyclic) bond motifs is 3. The Morgan fingerprint density at radius 3 is 2.84 bits per heavy atom. The second-order valence-electron chi connectivity index (χ2n) is 8.18. The zero-order valence-electron chi connectivity index (χ0n) is 18.8. The van der Waals surface area contributed by atoms with E-state index in [0.717, 1.165) is 53.6 Å². The van der Waals surface area contributed by atoms with Crippen molar-refractivity contribution in [3.8, 4) is 5.69 Å². The number of carbonyl (C=O) groups excluding carboxylic acids is 1.